The quantitative estimate of drug-likeness (QED) is 0.875. The van der Waals surface area contributed by atoms with Gasteiger partial charge in [-0.2, -0.15) is 5.26 Å². The van der Waals surface area contributed by atoms with Crippen molar-refractivity contribution in [3.05, 3.63) is 60.7 Å². The van der Waals surface area contributed by atoms with Gasteiger partial charge in [0.05, 0.1) is 6.07 Å². The molecule has 3 nitrogen and oxygen atoms in total. The molecule has 2 rings (SSSR count). The van der Waals surface area contributed by atoms with Gasteiger partial charge in [0.1, 0.15) is 6.42 Å². The normalized spacial score (nSPS) is 9.55. The van der Waals surface area contributed by atoms with E-state index in [1.54, 1.807) is 0 Å². The number of carboxylic acids is 1. The molecule has 1 N–H and O–H groups in total. The van der Waals surface area contributed by atoms with Crippen molar-refractivity contribution in [3.8, 4) is 6.07 Å². The van der Waals surface area contributed by atoms with Crippen LogP contribution in [-0.4, -0.2) is 16.4 Å². The lowest BCUT2D eigenvalue weighted by molar-refractivity contribution is -0.129. The van der Waals surface area contributed by atoms with Crippen LogP contribution in [0.4, 0.5) is 0 Å². The monoisotopic (exact) mass is 282 g/mol. The van der Waals surface area contributed by atoms with Crippen LogP contribution in [0.1, 0.15) is 6.42 Å². The molecule has 0 unspecified atom stereocenters. The number of carbonyl (C=O) groups is 1. The number of nitrogens with zero attached hydrogens (tertiary/aromatic N) is 1. The molecule has 0 aromatic heterocycles. The summed E-state index contributed by atoms with van der Waals surface area (Å²) in [6.07, 6.45) is -0.0647. The number of hydrogen-bond donors (Lipinski definition) is 1. The van der Waals surface area contributed by atoms with Gasteiger partial charge in [-0.25, -0.2) is 4.79 Å². The Hall–Kier alpha value is -2.43. The molecule has 0 saturated heterocycles. The summed E-state index contributed by atoms with van der Waals surface area (Å²) in [6.45, 7) is 0. The van der Waals surface area contributed by atoms with Gasteiger partial charge in [-0.15, -0.1) is 0 Å². The molecule has 2 aromatic carbocycles. The van der Waals surface area contributed by atoms with Crippen molar-refractivity contribution in [3.63, 3.8) is 0 Å². The predicted octanol–water partition coefficient (Wildman–Crippen LogP) is 2.29. The minimum absolute atomic E-state index is 0.0647. The smallest absolute Gasteiger partial charge is 0.376 e. The summed E-state index contributed by atoms with van der Waals surface area (Å²) in [5.74, 6) is -0.995. The van der Waals surface area contributed by atoms with Crippen LogP contribution in [0.2, 0.25) is 0 Å². The van der Waals surface area contributed by atoms with E-state index >= 15 is 0 Å². The molecule has 2 aromatic rings. The Morgan fingerprint density at radius 1 is 1.00 bits per heavy atom. The van der Waals surface area contributed by atoms with Crippen molar-refractivity contribution >= 4 is 29.4 Å². The zero-order valence-corrected chi connectivity index (χ0v) is 11.6. The van der Waals surface area contributed by atoms with Gasteiger partial charge in [0.15, 0.2) is 18.2 Å². The average molecular weight is 282 g/mol. The van der Waals surface area contributed by atoms with E-state index in [2.05, 4.69) is 0 Å². The summed E-state index contributed by atoms with van der Waals surface area (Å²) in [4.78, 5) is 11.5. The van der Waals surface area contributed by atoms with Gasteiger partial charge in [-0.3, -0.25) is 0 Å². The third-order valence-corrected chi connectivity index (χ3v) is 5.31. The second kappa shape index (κ2) is 6.65. The van der Waals surface area contributed by atoms with Gasteiger partial charge in [-0.1, -0.05) is 36.4 Å². The standard InChI is InChI=1S/C16H12NO2P/c17-12-11-15(16(18)19)20(13-7-3-1-4-8-13)14-9-5-2-6-10-14/h1-10H,11H2/p+1. The van der Waals surface area contributed by atoms with Crippen molar-refractivity contribution in [2.45, 2.75) is 6.42 Å². The molecular weight excluding hydrogens is 269 g/mol. The molecule has 0 atom stereocenters. The number of nitriles is 1. The average Bonchev–Trinajstić information content (AvgIpc) is 2.49. The fourth-order valence-electron chi connectivity index (χ4n) is 1.94. The maximum Gasteiger partial charge on any atom is 0.376 e. The number of rotatable bonds is 4. The lowest BCUT2D eigenvalue weighted by Crippen LogP contribution is -2.19. The van der Waals surface area contributed by atoms with Crippen LogP contribution in [-0.2, 0) is 4.79 Å². The summed E-state index contributed by atoms with van der Waals surface area (Å²) in [5, 5.41) is 20.5. The Morgan fingerprint density at radius 2 is 1.45 bits per heavy atom. The Bertz CT molecular complexity index is 631. The first kappa shape index (κ1) is 14.0. The van der Waals surface area contributed by atoms with Crippen LogP contribution < -0.4 is 10.6 Å². The fourth-order valence-corrected chi connectivity index (χ4v) is 4.22. The second-order valence-electron chi connectivity index (χ2n) is 4.09. The minimum atomic E-state index is -1.17. The Balaban J connectivity index is 2.70. The van der Waals surface area contributed by atoms with Crippen molar-refractivity contribution in [2.75, 3.05) is 0 Å². The number of hydrogen-bond acceptors (Lipinski definition) is 2. The number of aliphatic carboxylic acids is 1. The summed E-state index contributed by atoms with van der Waals surface area (Å²) in [7, 11) is -1.17. The van der Waals surface area contributed by atoms with Gasteiger partial charge >= 0.3 is 5.97 Å². The highest BCUT2D eigenvalue weighted by atomic mass is 31.1. The Morgan fingerprint density at radius 3 is 1.80 bits per heavy atom. The van der Waals surface area contributed by atoms with Crippen LogP contribution >= 0.6 is 7.55 Å². The number of benzene rings is 2. The molecule has 0 heterocycles. The lowest BCUT2D eigenvalue weighted by atomic mass is 10.3. The molecule has 0 bridgehead atoms. The first-order chi connectivity index (χ1) is 9.74. The maximum atomic E-state index is 11.5. The second-order valence-corrected chi connectivity index (χ2v) is 6.34. The number of carboxylic acid groups (broad SMARTS) is 1. The minimum Gasteiger partial charge on any atom is -0.475 e. The van der Waals surface area contributed by atoms with E-state index in [0.717, 1.165) is 10.6 Å². The molecule has 0 aliphatic carbocycles. The van der Waals surface area contributed by atoms with Crippen molar-refractivity contribution in [2.24, 2.45) is 0 Å². The van der Waals surface area contributed by atoms with E-state index in [1.807, 2.05) is 66.7 Å². The molecular formula is C16H13NO2P+. The zero-order valence-electron chi connectivity index (χ0n) is 10.7. The summed E-state index contributed by atoms with van der Waals surface area (Å²) >= 11 is 0. The van der Waals surface area contributed by atoms with Crippen LogP contribution in [0.15, 0.2) is 60.7 Å². The van der Waals surface area contributed by atoms with E-state index < -0.39 is 13.5 Å². The molecule has 0 saturated carbocycles. The zero-order chi connectivity index (χ0) is 14.4. The van der Waals surface area contributed by atoms with E-state index in [9.17, 15) is 9.90 Å². The Labute approximate surface area is 118 Å². The predicted molar refractivity (Wildman–Crippen MR) is 81.9 cm³/mol. The van der Waals surface area contributed by atoms with Gasteiger partial charge < -0.3 is 5.11 Å². The summed E-state index contributed by atoms with van der Waals surface area (Å²) < 4.78 is 0. The lowest BCUT2D eigenvalue weighted by Gasteiger charge is -2.00. The van der Waals surface area contributed by atoms with Crippen LogP contribution in [0, 0.1) is 11.3 Å². The SMILES string of the molecule is N#CCC(C(=O)O)=[P+](c1ccccc1)c1ccccc1. The van der Waals surface area contributed by atoms with Crippen molar-refractivity contribution in [1.29, 1.82) is 5.26 Å². The third kappa shape index (κ3) is 3.12. The van der Waals surface area contributed by atoms with E-state index in [1.165, 1.54) is 0 Å². The third-order valence-electron chi connectivity index (χ3n) is 2.79. The molecule has 0 amide bonds. The summed E-state index contributed by atoms with van der Waals surface area (Å²) in [5.41, 5.74) is 0. The van der Waals surface area contributed by atoms with E-state index in [-0.39, 0.29) is 11.7 Å². The first-order valence-corrected chi connectivity index (χ1v) is 7.44. The van der Waals surface area contributed by atoms with E-state index in [4.69, 9.17) is 5.26 Å². The molecule has 0 fully saturated rings. The van der Waals surface area contributed by atoms with Crippen LogP contribution in [0.3, 0.4) is 0 Å². The van der Waals surface area contributed by atoms with Gasteiger partial charge in [0.25, 0.3) is 0 Å². The maximum absolute atomic E-state index is 11.5. The molecule has 0 aliphatic rings. The highest BCUT2D eigenvalue weighted by Crippen LogP contribution is 2.25. The topological polar surface area (TPSA) is 61.1 Å². The molecule has 0 spiro atoms. The highest BCUT2D eigenvalue weighted by molar-refractivity contribution is 7.75. The largest absolute Gasteiger partial charge is 0.475 e. The molecule has 98 valence electrons. The molecule has 0 aliphatic heterocycles. The van der Waals surface area contributed by atoms with Gasteiger partial charge in [0.2, 0.25) is 5.29 Å². The summed E-state index contributed by atoms with van der Waals surface area (Å²) in [6, 6.07) is 21.0. The van der Waals surface area contributed by atoms with Crippen LogP contribution in [0.25, 0.3) is 0 Å². The Kier molecular flexibility index (Phi) is 4.65. The molecule has 20 heavy (non-hydrogen) atoms. The fraction of sp³-hybridized carbons (Fsp3) is 0.0625. The van der Waals surface area contributed by atoms with Crippen molar-refractivity contribution < 1.29 is 9.90 Å². The van der Waals surface area contributed by atoms with Crippen LogP contribution in [0.5, 0.6) is 0 Å². The van der Waals surface area contributed by atoms with Gasteiger partial charge in [0, 0.05) is 0 Å². The first-order valence-electron chi connectivity index (χ1n) is 6.10. The van der Waals surface area contributed by atoms with Crippen molar-refractivity contribution in [1.82, 2.24) is 0 Å². The van der Waals surface area contributed by atoms with Gasteiger partial charge in [-0.05, 0) is 24.3 Å². The van der Waals surface area contributed by atoms with E-state index in [0.29, 0.717) is 0 Å². The molecule has 0 radical (unpaired) electrons. The highest BCUT2D eigenvalue weighted by Gasteiger charge is 2.29. The molecule has 4 heteroatoms.